The van der Waals surface area contributed by atoms with E-state index in [1.807, 2.05) is 0 Å². The van der Waals surface area contributed by atoms with Crippen LogP contribution in [0.1, 0.15) is 43.0 Å². The number of methoxy groups -OCH3 is 1. The Kier molecular flexibility index (Phi) is 10.3. The molecule has 1 rings (SSSR count). The smallest absolute Gasteiger partial charge is 0.255 e. The van der Waals surface area contributed by atoms with Gasteiger partial charge in [-0.2, -0.15) is 0 Å². The number of para-hydroxylation sites is 1. The van der Waals surface area contributed by atoms with E-state index in [0.717, 1.165) is 25.9 Å². The molecule has 0 unspecified atom stereocenters. The first-order valence-corrected chi connectivity index (χ1v) is 8.44. The Balaban J connectivity index is 2.13. The largest absolute Gasteiger partial charge is 0.496 e. The number of ether oxygens (including phenoxy) is 2. The van der Waals surface area contributed by atoms with Crippen molar-refractivity contribution in [3.05, 3.63) is 29.8 Å². The van der Waals surface area contributed by atoms with E-state index in [2.05, 4.69) is 17.6 Å². The van der Waals surface area contributed by atoms with Gasteiger partial charge in [0.1, 0.15) is 5.75 Å². The van der Waals surface area contributed by atoms with Crippen molar-refractivity contribution in [2.45, 2.75) is 32.6 Å². The van der Waals surface area contributed by atoms with E-state index in [9.17, 15) is 9.59 Å². The van der Waals surface area contributed by atoms with Gasteiger partial charge in [-0.05, 0) is 25.0 Å². The predicted molar refractivity (Wildman–Crippen MR) is 93.3 cm³/mol. The van der Waals surface area contributed by atoms with Gasteiger partial charge >= 0.3 is 0 Å². The average Bonchev–Trinajstić information content (AvgIpc) is 2.60. The maximum Gasteiger partial charge on any atom is 0.255 e. The number of nitrogens with one attached hydrogen (secondary N) is 2. The molecule has 1 aromatic rings. The quantitative estimate of drug-likeness (QED) is 0.573. The standard InChI is InChI=1S/C18H28N2O4/c1-3-4-13-24-14-7-11-19-17(21)10-12-20-18(22)15-8-5-6-9-16(15)23-2/h5-6,8-9H,3-4,7,10-14H2,1-2H3,(H,19,21)(H,20,22). The molecular weight excluding hydrogens is 308 g/mol. The summed E-state index contributed by atoms with van der Waals surface area (Å²) < 4.78 is 10.6. The summed E-state index contributed by atoms with van der Waals surface area (Å²) in [6.07, 6.45) is 3.23. The second kappa shape index (κ2) is 12.4. The second-order valence-electron chi connectivity index (χ2n) is 5.38. The number of amides is 2. The van der Waals surface area contributed by atoms with Crippen molar-refractivity contribution in [1.29, 1.82) is 0 Å². The molecule has 0 aliphatic carbocycles. The first-order chi connectivity index (χ1) is 11.7. The van der Waals surface area contributed by atoms with Crippen LogP contribution in [-0.2, 0) is 9.53 Å². The van der Waals surface area contributed by atoms with Gasteiger partial charge in [0, 0.05) is 32.7 Å². The van der Waals surface area contributed by atoms with E-state index in [4.69, 9.17) is 9.47 Å². The summed E-state index contributed by atoms with van der Waals surface area (Å²) in [5.74, 6) is 0.191. The second-order valence-corrected chi connectivity index (χ2v) is 5.38. The van der Waals surface area contributed by atoms with Gasteiger partial charge in [0.25, 0.3) is 5.91 Å². The van der Waals surface area contributed by atoms with Crippen LogP contribution in [0.5, 0.6) is 5.75 Å². The highest BCUT2D eigenvalue weighted by molar-refractivity contribution is 5.97. The minimum atomic E-state index is -0.246. The fourth-order valence-electron chi connectivity index (χ4n) is 2.06. The molecule has 0 aliphatic heterocycles. The first-order valence-electron chi connectivity index (χ1n) is 8.44. The SMILES string of the molecule is CCCCOCCCNC(=O)CCNC(=O)c1ccccc1OC. The fraction of sp³-hybridized carbons (Fsp3) is 0.556. The highest BCUT2D eigenvalue weighted by Crippen LogP contribution is 2.16. The Morgan fingerprint density at radius 3 is 2.54 bits per heavy atom. The van der Waals surface area contributed by atoms with Crippen LogP contribution in [0.3, 0.4) is 0 Å². The summed E-state index contributed by atoms with van der Waals surface area (Å²) in [5, 5.41) is 5.54. The number of benzene rings is 1. The van der Waals surface area contributed by atoms with Crippen molar-refractivity contribution >= 4 is 11.8 Å². The van der Waals surface area contributed by atoms with Crippen LogP contribution in [-0.4, -0.2) is 45.2 Å². The predicted octanol–water partition coefficient (Wildman–Crippen LogP) is 2.14. The van der Waals surface area contributed by atoms with Crippen LogP contribution in [0, 0.1) is 0 Å². The Morgan fingerprint density at radius 2 is 1.79 bits per heavy atom. The molecule has 0 fully saturated rings. The third-order valence-corrected chi connectivity index (χ3v) is 3.42. The van der Waals surface area contributed by atoms with Crippen molar-refractivity contribution in [2.75, 3.05) is 33.4 Å². The molecule has 24 heavy (non-hydrogen) atoms. The van der Waals surface area contributed by atoms with E-state index < -0.39 is 0 Å². The van der Waals surface area contributed by atoms with Crippen molar-refractivity contribution < 1.29 is 19.1 Å². The Morgan fingerprint density at radius 1 is 1.04 bits per heavy atom. The highest BCUT2D eigenvalue weighted by atomic mass is 16.5. The number of carbonyl (C=O) groups is 2. The zero-order chi connectivity index (χ0) is 17.6. The van der Waals surface area contributed by atoms with Crippen LogP contribution in [0.2, 0.25) is 0 Å². The van der Waals surface area contributed by atoms with Gasteiger partial charge in [0.15, 0.2) is 0 Å². The van der Waals surface area contributed by atoms with Crippen LogP contribution in [0.15, 0.2) is 24.3 Å². The minimum absolute atomic E-state index is 0.0797. The fourth-order valence-corrected chi connectivity index (χ4v) is 2.06. The van der Waals surface area contributed by atoms with E-state index in [1.165, 1.54) is 7.11 Å². The molecule has 2 amide bonds. The molecule has 0 bridgehead atoms. The molecule has 1 aromatic carbocycles. The van der Waals surface area contributed by atoms with E-state index >= 15 is 0 Å². The Hall–Kier alpha value is -2.08. The van der Waals surface area contributed by atoms with Crippen molar-refractivity contribution in [3.63, 3.8) is 0 Å². The molecule has 2 N–H and O–H groups in total. The molecule has 0 saturated heterocycles. The molecular formula is C18H28N2O4. The lowest BCUT2D eigenvalue weighted by atomic mass is 10.2. The normalized spacial score (nSPS) is 10.2. The van der Waals surface area contributed by atoms with Gasteiger partial charge < -0.3 is 20.1 Å². The monoisotopic (exact) mass is 336 g/mol. The molecule has 134 valence electrons. The van der Waals surface area contributed by atoms with Gasteiger partial charge in [-0.1, -0.05) is 25.5 Å². The summed E-state index contributed by atoms with van der Waals surface area (Å²) in [7, 11) is 1.52. The minimum Gasteiger partial charge on any atom is -0.496 e. The molecule has 6 heteroatoms. The van der Waals surface area contributed by atoms with Crippen LogP contribution in [0.4, 0.5) is 0 Å². The number of unbranched alkanes of at least 4 members (excludes halogenated alkanes) is 1. The molecule has 0 heterocycles. The Bertz CT molecular complexity index is 506. The van der Waals surface area contributed by atoms with Gasteiger partial charge in [0.2, 0.25) is 5.91 Å². The number of carbonyl (C=O) groups excluding carboxylic acids is 2. The molecule has 0 aliphatic rings. The zero-order valence-electron chi connectivity index (χ0n) is 14.6. The third kappa shape index (κ3) is 7.97. The number of hydrogen-bond donors (Lipinski definition) is 2. The molecule has 6 nitrogen and oxygen atoms in total. The molecule has 0 aromatic heterocycles. The lowest BCUT2D eigenvalue weighted by molar-refractivity contribution is -0.120. The zero-order valence-corrected chi connectivity index (χ0v) is 14.6. The van der Waals surface area contributed by atoms with Crippen LogP contribution < -0.4 is 15.4 Å². The lowest BCUT2D eigenvalue weighted by Gasteiger charge is -2.09. The van der Waals surface area contributed by atoms with E-state index in [0.29, 0.717) is 24.5 Å². The molecule has 0 saturated carbocycles. The van der Waals surface area contributed by atoms with Gasteiger partial charge in [0.05, 0.1) is 12.7 Å². The maximum atomic E-state index is 12.1. The average molecular weight is 336 g/mol. The topological polar surface area (TPSA) is 76.7 Å². The lowest BCUT2D eigenvalue weighted by Crippen LogP contribution is -2.31. The van der Waals surface area contributed by atoms with Crippen molar-refractivity contribution in [2.24, 2.45) is 0 Å². The summed E-state index contributed by atoms with van der Waals surface area (Å²) in [6, 6.07) is 6.98. The van der Waals surface area contributed by atoms with Crippen molar-refractivity contribution in [3.8, 4) is 5.75 Å². The van der Waals surface area contributed by atoms with E-state index in [-0.39, 0.29) is 24.8 Å². The van der Waals surface area contributed by atoms with Crippen LogP contribution in [0.25, 0.3) is 0 Å². The van der Waals surface area contributed by atoms with Gasteiger partial charge in [-0.3, -0.25) is 9.59 Å². The van der Waals surface area contributed by atoms with Gasteiger partial charge in [-0.15, -0.1) is 0 Å². The molecule has 0 atom stereocenters. The maximum absolute atomic E-state index is 12.1. The van der Waals surface area contributed by atoms with Gasteiger partial charge in [-0.25, -0.2) is 0 Å². The summed E-state index contributed by atoms with van der Waals surface area (Å²) in [6.45, 7) is 4.43. The number of rotatable bonds is 12. The highest BCUT2D eigenvalue weighted by Gasteiger charge is 2.11. The van der Waals surface area contributed by atoms with Crippen molar-refractivity contribution in [1.82, 2.24) is 10.6 Å². The summed E-state index contributed by atoms with van der Waals surface area (Å²) in [4.78, 5) is 23.7. The Labute approximate surface area is 143 Å². The molecule has 0 spiro atoms. The summed E-state index contributed by atoms with van der Waals surface area (Å²) in [5.41, 5.74) is 0.463. The number of hydrogen-bond acceptors (Lipinski definition) is 4. The van der Waals surface area contributed by atoms with Crippen LogP contribution >= 0.6 is 0 Å². The molecule has 0 radical (unpaired) electrons. The third-order valence-electron chi connectivity index (χ3n) is 3.42. The van der Waals surface area contributed by atoms with E-state index in [1.54, 1.807) is 24.3 Å². The summed E-state index contributed by atoms with van der Waals surface area (Å²) >= 11 is 0. The first kappa shape index (κ1) is 20.0.